The molecule has 2 N–H and O–H groups in total. The Bertz CT molecular complexity index is 630. The second-order valence-corrected chi connectivity index (χ2v) is 5.54. The number of benzene rings is 2. The lowest BCUT2D eigenvalue weighted by molar-refractivity contribution is -0.201. The van der Waals surface area contributed by atoms with Crippen molar-refractivity contribution < 1.29 is 17.9 Å². The van der Waals surface area contributed by atoms with E-state index in [9.17, 15) is 13.2 Å². The summed E-state index contributed by atoms with van der Waals surface area (Å²) >= 11 is 3.31. The van der Waals surface area contributed by atoms with E-state index >= 15 is 0 Å². The maximum Gasteiger partial charge on any atom is 0.426 e. The molecular formula is C15H15BrF3NO. The molecule has 0 radical (unpaired) electrons. The Hall–Kier alpha value is -1.27. The normalized spacial score (nSPS) is 15.0. The molecule has 0 aliphatic rings. The summed E-state index contributed by atoms with van der Waals surface area (Å²) in [5.74, 6) is 0.139. The zero-order valence-corrected chi connectivity index (χ0v) is 12.9. The molecule has 0 aromatic heterocycles. The predicted molar refractivity (Wildman–Crippen MR) is 80.4 cm³/mol. The highest BCUT2D eigenvalue weighted by atomic mass is 79.9. The van der Waals surface area contributed by atoms with E-state index in [1.807, 2.05) is 24.3 Å². The molecular weight excluding hydrogens is 347 g/mol. The third-order valence-corrected chi connectivity index (χ3v) is 4.08. The van der Waals surface area contributed by atoms with Crippen molar-refractivity contribution in [2.75, 3.05) is 0 Å². The molecule has 2 atom stereocenters. The van der Waals surface area contributed by atoms with Crippen molar-refractivity contribution in [3.8, 4) is 5.75 Å². The highest BCUT2D eigenvalue weighted by molar-refractivity contribution is 9.10. The lowest BCUT2D eigenvalue weighted by Gasteiger charge is -2.27. The second kappa shape index (κ2) is 6.23. The monoisotopic (exact) mass is 361 g/mol. The van der Waals surface area contributed by atoms with Crippen LogP contribution in [0.1, 0.15) is 13.3 Å². The SMILES string of the molecule is CCC(N)C(Oc1ccc2ccccc2c1Br)C(F)(F)F. The molecule has 0 saturated carbocycles. The molecule has 0 aliphatic carbocycles. The van der Waals surface area contributed by atoms with Crippen LogP contribution in [0.2, 0.25) is 0 Å². The first-order valence-corrected chi connectivity index (χ1v) is 7.30. The first kappa shape index (κ1) is 16.1. The molecule has 2 unspecified atom stereocenters. The molecule has 0 saturated heterocycles. The molecule has 2 rings (SSSR count). The third kappa shape index (κ3) is 3.49. The van der Waals surface area contributed by atoms with Crippen molar-refractivity contribution in [3.05, 3.63) is 40.9 Å². The zero-order chi connectivity index (χ0) is 15.6. The van der Waals surface area contributed by atoms with E-state index in [4.69, 9.17) is 10.5 Å². The van der Waals surface area contributed by atoms with Gasteiger partial charge in [-0.05, 0) is 39.2 Å². The maximum absolute atomic E-state index is 13.1. The number of hydrogen-bond acceptors (Lipinski definition) is 2. The van der Waals surface area contributed by atoms with Gasteiger partial charge in [0.25, 0.3) is 0 Å². The quantitative estimate of drug-likeness (QED) is 0.860. The van der Waals surface area contributed by atoms with Gasteiger partial charge in [0, 0.05) is 0 Å². The van der Waals surface area contributed by atoms with Gasteiger partial charge in [-0.1, -0.05) is 37.3 Å². The minimum absolute atomic E-state index is 0.139. The van der Waals surface area contributed by atoms with Gasteiger partial charge in [-0.25, -0.2) is 0 Å². The van der Waals surface area contributed by atoms with Crippen LogP contribution in [0.5, 0.6) is 5.75 Å². The molecule has 0 amide bonds. The van der Waals surface area contributed by atoms with Crippen LogP contribution in [0.15, 0.2) is 40.9 Å². The van der Waals surface area contributed by atoms with E-state index in [0.29, 0.717) is 4.47 Å². The van der Waals surface area contributed by atoms with Gasteiger partial charge >= 0.3 is 6.18 Å². The largest absolute Gasteiger partial charge is 0.478 e. The van der Waals surface area contributed by atoms with Crippen LogP contribution < -0.4 is 10.5 Å². The molecule has 0 heterocycles. The Morgan fingerprint density at radius 2 is 1.86 bits per heavy atom. The molecule has 21 heavy (non-hydrogen) atoms. The molecule has 2 aromatic carbocycles. The highest BCUT2D eigenvalue weighted by Crippen LogP contribution is 2.36. The van der Waals surface area contributed by atoms with Crippen LogP contribution in [0.25, 0.3) is 10.8 Å². The van der Waals surface area contributed by atoms with Crippen LogP contribution in [0.4, 0.5) is 13.2 Å². The lowest BCUT2D eigenvalue weighted by atomic mass is 10.1. The minimum Gasteiger partial charge on any atom is -0.478 e. The van der Waals surface area contributed by atoms with Crippen LogP contribution in [0.3, 0.4) is 0 Å². The maximum atomic E-state index is 13.1. The van der Waals surface area contributed by atoms with Crippen molar-refractivity contribution in [1.29, 1.82) is 0 Å². The Kier molecular flexibility index (Phi) is 4.78. The fourth-order valence-electron chi connectivity index (χ4n) is 2.05. The average molecular weight is 362 g/mol. The number of ether oxygens (including phenoxy) is 1. The summed E-state index contributed by atoms with van der Waals surface area (Å²) in [6.07, 6.45) is -6.37. The van der Waals surface area contributed by atoms with Crippen LogP contribution in [-0.4, -0.2) is 18.3 Å². The lowest BCUT2D eigenvalue weighted by Crippen LogP contribution is -2.48. The molecule has 114 valence electrons. The van der Waals surface area contributed by atoms with Gasteiger partial charge in [0.2, 0.25) is 6.10 Å². The van der Waals surface area contributed by atoms with Crippen molar-refractivity contribution in [3.63, 3.8) is 0 Å². The smallest absolute Gasteiger partial charge is 0.426 e. The van der Waals surface area contributed by atoms with Crippen LogP contribution in [0, 0.1) is 0 Å². The van der Waals surface area contributed by atoms with Gasteiger partial charge in [0.1, 0.15) is 5.75 Å². The van der Waals surface area contributed by atoms with Gasteiger partial charge < -0.3 is 10.5 Å². The summed E-state index contributed by atoms with van der Waals surface area (Å²) in [4.78, 5) is 0. The molecule has 2 aromatic rings. The van der Waals surface area contributed by atoms with E-state index < -0.39 is 18.3 Å². The fourth-order valence-corrected chi connectivity index (χ4v) is 2.64. The summed E-state index contributed by atoms with van der Waals surface area (Å²) < 4.78 is 44.9. The Morgan fingerprint density at radius 1 is 1.19 bits per heavy atom. The first-order valence-electron chi connectivity index (χ1n) is 6.50. The van der Waals surface area contributed by atoms with Crippen molar-refractivity contribution >= 4 is 26.7 Å². The standard InChI is InChI=1S/C15H15BrF3NO/c1-2-11(20)14(15(17,18)19)21-12-8-7-9-5-3-4-6-10(9)13(12)16/h3-8,11,14H,2,20H2,1H3. The van der Waals surface area contributed by atoms with E-state index in [-0.39, 0.29) is 12.2 Å². The highest BCUT2D eigenvalue weighted by Gasteiger charge is 2.45. The number of halogens is 4. The Morgan fingerprint density at radius 3 is 2.48 bits per heavy atom. The zero-order valence-electron chi connectivity index (χ0n) is 11.3. The number of nitrogens with two attached hydrogens (primary N) is 1. The Labute approximate surface area is 129 Å². The predicted octanol–water partition coefficient (Wildman–Crippen LogP) is 4.65. The minimum atomic E-state index is -4.51. The van der Waals surface area contributed by atoms with Crippen LogP contribution in [-0.2, 0) is 0 Å². The summed E-state index contributed by atoms with van der Waals surface area (Å²) in [5.41, 5.74) is 5.55. The van der Waals surface area contributed by atoms with Gasteiger partial charge in [0.05, 0.1) is 10.5 Å². The number of fused-ring (bicyclic) bond motifs is 1. The summed E-state index contributed by atoms with van der Waals surface area (Å²) in [5, 5.41) is 1.71. The molecule has 0 spiro atoms. The summed E-state index contributed by atoms with van der Waals surface area (Å²) in [6.45, 7) is 1.60. The van der Waals surface area contributed by atoms with Gasteiger partial charge in [0.15, 0.2) is 0 Å². The molecule has 0 bridgehead atoms. The topological polar surface area (TPSA) is 35.2 Å². The van der Waals surface area contributed by atoms with E-state index in [1.165, 1.54) is 6.07 Å². The number of alkyl halides is 3. The van der Waals surface area contributed by atoms with Gasteiger partial charge in [-0.2, -0.15) is 13.2 Å². The Balaban J connectivity index is 2.39. The van der Waals surface area contributed by atoms with Gasteiger partial charge in [-0.3, -0.25) is 0 Å². The molecule has 2 nitrogen and oxygen atoms in total. The summed E-state index contributed by atoms with van der Waals surface area (Å²) in [7, 11) is 0. The molecule has 0 fully saturated rings. The average Bonchev–Trinajstić information content (AvgIpc) is 2.45. The van der Waals surface area contributed by atoms with Crippen molar-refractivity contribution in [1.82, 2.24) is 0 Å². The van der Waals surface area contributed by atoms with Crippen molar-refractivity contribution in [2.45, 2.75) is 31.7 Å². The first-order chi connectivity index (χ1) is 9.84. The van der Waals surface area contributed by atoms with Gasteiger partial charge in [-0.15, -0.1) is 0 Å². The molecule has 6 heteroatoms. The third-order valence-electron chi connectivity index (χ3n) is 3.26. The van der Waals surface area contributed by atoms with Crippen LogP contribution >= 0.6 is 15.9 Å². The van der Waals surface area contributed by atoms with E-state index in [0.717, 1.165) is 10.8 Å². The molecule has 0 aliphatic heterocycles. The van der Waals surface area contributed by atoms with E-state index in [1.54, 1.807) is 13.0 Å². The van der Waals surface area contributed by atoms with Crippen molar-refractivity contribution in [2.24, 2.45) is 5.73 Å². The van der Waals surface area contributed by atoms with E-state index in [2.05, 4.69) is 15.9 Å². The number of rotatable bonds is 4. The second-order valence-electron chi connectivity index (χ2n) is 4.75. The number of hydrogen-bond donors (Lipinski definition) is 1. The summed E-state index contributed by atoms with van der Waals surface area (Å²) in [6, 6.07) is 9.51. The fraction of sp³-hybridized carbons (Fsp3) is 0.333.